The van der Waals surface area contributed by atoms with Gasteiger partial charge in [0.1, 0.15) is 18.5 Å². The van der Waals surface area contributed by atoms with Gasteiger partial charge in [-0.1, -0.05) is 12.1 Å². The van der Waals surface area contributed by atoms with Crippen LogP contribution in [-0.2, 0) is 11.0 Å². The average Bonchev–Trinajstić information content (AvgIpc) is 2.60. The predicted molar refractivity (Wildman–Crippen MR) is 50.6 cm³/mol. The third kappa shape index (κ3) is 2.88. The van der Waals surface area contributed by atoms with Crippen molar-refractivity contribution >= 4 is 6.47 Å². The highest BCUT2D eigenvalue weighted by atomic mass is 19.4. The first-order valence-corrected chi connectivity index (χ1v) is 4.50. The van der Waals surface area contributed by atoms with Gasteiger partial charge in [0, 0.05) is 5.56 Å². The maximum atomic E-state index is 12.4. The Balaban J connectivity index is 0.000000437. The first-order valence-electron chi connectivity index (χ1n) is 4.50. The second-order valence-corrected chi connectivity index (χ2v) is 3.15. The number of hydrogen-bond donors (Lipinski definition) is 2. The van der Waals surface area contributed by atoms with Crippen LogP contribution in [0.4, 0.5) is 13.2 Å². The number of aliphatic hydroxyl groups excluding tert-OH is 1. The fourth-order valence-corrected chi connectivity index (χ4v) is 1.45. The molecular formula is C10H9F3O4. The number of benzene rings is 1. The van der Waals surface area contributed by atoms with Crippen LogP contribution >= 0.6 is 0 Å². The maximum absolute atomic E-state index is 12.4. The molecule has 0 saturated heterocycles. The van der Waals surface area contributed by atoms with Crippen LogP contribution in [0.25, 0.3) is 0 Å². The molecule has 17 heavy (non-hydrogen) atoms. The quantitative estimate of drug-likeness (QED) is 0.689. The van der Waals surface area contributed by atoms with E-state index < -0.39 is 17.8 Å². The molecule has 0 fully saturated rings. The minimum atomic E-state index is -4.44. The molecule has 0 aromatic heterocycles. The molecule has 1 aliphatic heterocycles. The first-order chi connectivity index (χ1) is 7.91. The van der Waals surface area contributed by atoms with Gasteiger partial charge in [0.2, 0.25) is 0 Å². The number of halogens is 3. The first kappa shape index (κ1) is 13.3. The molecule has 0 radical (unpaired) electrons. The van der Waals surface area contributed by atoms with E-state index in [1.807, 2.05) is 0 Å². The van der Waals surface area contributed by atoms with Crippen molar-refractivity contribution in [1.82, 2.24) is 0 Å². The normalized spacial score (nSPS) is 17.5. The lowest BCUT2D eigenvalue weighted by Crippen LogP contribution is -2.06. The second-order valence-electron chi connectivity index (χ2n) is 3.15. The van der Waals surface area contributed by atoms with Crippen molar-refractivity contribution in [2.75, 3.05) is 6.61 Å². The highest BCUT2D eigenvalue weighted by Crippen LogP contribution is 2.43. The standard InChI is InChI=1S/C9H7F3O2.CH2O2/c10-9(11,12)6-3-1-2-5-7(13)4-14-8(5)6;2-1-3/h1-3,7,13H,4H2;1H,(H,2,3)/t7-;/m0./s1. The summed E-state index contributed by atoms with van der Waals surface area (Å²) in [4.78, 5) is 8.36. The molecule has 1 aromatic carbocycles. The van der Waals surface area contributed by atoms with Crippen LogP contribution in [0.15, 0.2) is 18.2 Å². The average molecular weight is 250 g/mol. The van der Waals surface area contributed by atoms with E-state index in [0.717, 1.165) is 6.07 Å². The summed E-state index contributed by atoms with van der Waals surface area (Å²) in [5.74, 6) is -0.243. The molecule has 0 aliphatic carbocycles. The molecule has 2 N–H and O–H groups in total. The molecule has 1 heterocycles. The SMILES string of the molecule is O=CO.O[C@H]1COc2c1cccc2C(F)(F)F. The number of ether oxygens (including phenoxy) is 1. The van der Waals surface area contributed by atoms with Crippen molar-refractivity contribution in [3.05, 3.63) is 29.3 Å². The summed E-state index contributed by atoms with van der Waals surface area (Å²) < 4.78 is 42.0. The summed E-state index contributed by atoms with van der Waals surface area (Å²) in [6.45, 7) is -0.359. The largest absolute Gasteiger partial charge is 0.489 e. The molecule has 0 amide bonds. The molecule has 1 aromatic rings. The van der Waals surface area contributed by atoms with Crippen molar-refractivity contribution in [2.24, 2.45) is 0 Å². The molecule has 1 aliphatic rings. The van der Waals surface area contributed by atoms with Gasteiger partial charge in [0.25, 0.3) is 6.47 Å². The maximum Gasteiger partial charge on any atom is 0.419 e. The third-order valence-corrected chi connectivity index (χ3v) is 2.10. The number of rotatable bonds is 0. The van der Waals surface area contributed by atoms with Crippen LogP contribution in [0.1, 0.15) is 17.2 Å². The number of carbonyl (C=O) groups is 1. The van der Waals surface area contributed by atoms with Crippen molar-refractivity contribution < 1.29 is 32.9 Å². The summed E-state index contributed by atoms with van der Waals surface area (Å²) in [6.07, 6.45) is -5.39. The summed E-state index contributed by atoms with van der Waals surface area (Å²) >= 11 is 0. The van der Waals surface area contributed by atoms with E-state index in [-0.39, 0.29) is 24.4 Å². The molecule has 2 rings (SSSR count). The minimum absolute atomic E-state index is 0.109. The number of carboxylic acid groups (broad SMARTS) is 1. The Morgan fingerprint density at radius 1 is 1.41 bits per heavy atom. The minimum Gasteiger partial charge on any atom is -0.489 e. The molecule has 1 atom stereocenters. The van der Waals surface area contributed by atoms with Crippen LogP contribution < -0.4 is 4.74 Å². The zero-order chi connectivity index (χ0) is 13.1. The summed E-state index contributed by atoms with van der Waals surface area (Å²) in [5.41, 5.74) is -0.619. The zero-order valence-corrected chi connectivity index (χ0v) is 8.44. The Hall–Kier alpha value is -1.76. The van der Waals surface area contributed by atoms with Gasteiger partial charge < -0.3 is 14.9 Å². The smallest absolute Gasteiger partial charge is 0.419 e. The third-order valence-electron chi connectivity index (χ3n) is 2.10. The highest BCUT2D eigenvalue weighted by molar-refractivity contribution is 5.46. The molecule has 7 heteroatoms. The van der Waals surface area contributed by atoms with E-state index in [9.17, 15) is 18.3 Å². The van der Waals surface area contributed by atoms with Crippen molar-refractivity contribution in [2.45, 2.75) is 12.3 Å². The van der Waals surface area contributed by atoms with E-state index in [1.54, 1.807) is 0 Å². The highest BCUT2D eigenvalue weighted by Gasteiger charge is 2.38. The van der Waals surface area contributed by atoms with Crippen LogP contribution in [0.5, 0.6) is 5.75 Å². The predicted octanol–water partition coefficient (Wildman–Crippen LogP) is 1.83. The number of hydrogen-bond acceptors (Lipinski definition) is 3. The summed E-state index contributed by atoms with van der Waals surface area (Å²) in [7, 11) is 0. The van der Waals surface area contributed by atoms with Crippen LogP contribution in [0.3, 0.4) is 0 Å². The molecule has 0 unspecified atom stereocenters. The Bertz CT molecular complexity index is 403. The van der Waals surface area contributed by atoms with Crippen LogP contribution in [0.2, 0.25) is 0 Å². The van der Waals surface area contributed by atoms with E-state index >= 15 is 0 Å². The van der Waals surface area contributed by atoms with Gasteiger partial charge in [-0.05, 0) is 6.07 Å². The van der Waals surface area contributed by atoms with Gasteiger partial charge >= 0.3 is 6.18 Å². The lowest BCUT2D eigenvalue weighted by Gasteiger charge is -2.10. The molecule has 0 bridgehead atoms. The Morgan fingerprint density at radius 3 is 2.53 bits per heavy atom. The van der Waals surface area contributed by atoms with Gasteiger partial charge in [0.05, 0.1) is 5.56 Å². The van der Waals surface area contributed by atoms with Gasteiger partial charge in [-0.3, -0.25) is 4.79 Å². The second kappa shape index (κ2) is 5.05. The molecule has 0 spiro atoms. The van der Waals surface area contributed by atoms with Gasteiger partial charge in [-0.25, -0.2) is 0 Å². The molecule has 94 valence electrons. The number of para-hydroxylation sites is 1. The number of aliphatic hydroxyl groups is 1. The number of fused-ring (bicyclic) bond motifs is 1. The summed E-state index contributed by atoms with van der Waals surface area (Å²) in [6, 6.07) is 3.64. The van der Waals surface area contributed by atoms with E-state index in [2.05, 4.69) is 0 Å². The van der Waals surface area contributed by atoms with E-state index in [0.29, 0.717) is 0 Å². The lowest BCUT2D eigenvalue weighted by molar-refractivity contribution is -0.138. The monoisotopic (exact) mass is 250 g/mol. The fourth-order valence-electron chi connectivity index (χ4n) is 1.45. The van der Waals surface area contributed by atoms with Gasteiger partial charge in [-0.15, -0.1) is 0 Å². The van der Waals surface area contributed by atoms with Crippen LogP contribution in [-0.4, -0.2) is 23.3 Å². The van der Waals surface area contributed by atoms with E-state index in [1.165, 1.54) is 12.1 Å². The topological polar surface area (TPSA) is 66.8 Å². The van der Waals surface area contributed by atoms with E-state index in [4.69, 9.17) is 14.6 Å². The Kier molecular flexibility index (Phi) is 3.95. The van der Waals surface area contributed by atoms with Gasteiger partial charge in [-0.2, -0.15) is 13.2 Å². The van der Waals surface area contributed by atoms with Crippen molar-refractivity contribution in [3.8, 4) is 5.75 Å². The number of alkyl halides is 3. The Labute approximate surface area is 94.3 Å². The Morgan fingerprint density at radius 2 is 2.00 bits per heavy atom. The summed E-state index contributed by atoms with van der Waals surface area (Å²) in [5, 5.41) is 16.2. The van der Waals surface area contributed by atoms with Crippen LogP contribution in [0, 0.1) is 0 Å². The molecule has 4 nitrogen and oxygen atoms in total. The van der Waals surface area contributed by atoms with Crippen molar-refractivity contribution in [1.29, 1.82) is 0 Å². The molecular weight excluding hydrogens is 241 g/mol. The fraction of sp³-hybridized carbons (Fsp3) is 0.300. The van der Waals surface area contributed by atoms with Gasteiger partial charge in [0.15, 0.2) is 0 Å². The molecule has 0 saturated carbocycles. The van der Waals surface area contributed by atoms with Crippen molar-refractivity contribution in [3.63, 3.8) is 0 Å². The zero-order valence-electron chi connectivity index (χ0n) is 8.44. The lowest BCUT2D eigenvalue weighted by atomic mass is 10.1.